The zero-order chi connectivity index (χ0) is 5.98. The van der Waals surface area contributed by atoms with Crippen LogP contribution in [0.15, 0.2) is 12.1 Å². The third-order valence-electron chi connectivity index (χ3n) is 0.738. The van der Waals surface area contributed by atoms with E-state index in [0.29, 0.717) is 0 Å². The van der Waals surface area contributed by atoms with Crippen LogP contribution in [-0.2, 0) is 0 Å². The molecule has 0 aliphatic carbocycles. The van der Waals surface area contributed by atoms with Crippen LogP contribution >= 0.6 is 0 Å². The minimum atomic E-state index is -0.660. The first-order valence-corrected chi connectivity index (χ1v) is 2.09. The molecule has 2 nitrogen and oxygen atoms in total. The summed E-state index contributed by atoms with van der Waals surface area (Å²) in [4.78, 5) is 3.16. The SMILES string of the molecule is Nc1cc[c]nc1F. The second kappa shape index (κ2) is 1.78. The monoisotopic (exact) mass is 111 g/mol. The third-order valence-corrected chi connectivity index (χ3v) is 0.738. The van der Waals surface area contributed by atoms with Crippen molar-refractivity contribution in [3.8, 4) is 0 Å². The Bertz CT molecular complexity index is 167. The van der Waals surface area contributed by atoms with Crippen LogP contribution in [0.1, 0.15) is 0 Å². The summed E-state index contributed by atoms with van der Waals surface area (Å²) in [7, 11) is 0. The van der Waals surface area contributed by atoms with Crippen molar-refractivity contribution >= 4 is 5.69 Å². The minimum Gasteiger partial charge on any atom is -0.395 e. The van der Waals surface area contributed by atoms with Gasteiger partial charge in [0.2, 0.25) is 5.95 Å². The van der Waals surface area contributed by atoms with E-state index in [0.717, 1.165) is 0 Å². The summed E-state index contributed by atoms with van der Waals surface area (Å²) in [6.45, 7) is 0. The smallest absolute Gasteiger partial charge is 0.236 e. The van der Waals surface area contributed by atoms with Gasteiger partial charge in [0.1, 0.15) is 0 Å². The average Bonchev–Trinajstić information content (AvgIpc) is 1.77. The van der Waals surface area contributed by atoms with E-state index in [-0.39, 0.29) is 5.69 Å². The average molecular weight is 111 g/mol. The molecule has 1 radical (unpaired) electrons. The molecule has 0 spiro atoms. The van der Waals surface area contributed by atoms with Crippen molar-refractivity contribution in [2.75, 3.05) is 5.73 Å². The van der Waals surface area contributed by atoms with Gasteiger partial charge < -0.3 is 5.73 Å². The van der Waals surface area contributed by atoms with Gasteiger partial charge in [0.25, 0.3) is 0 Å². The predicted molar refractivity (Wildman–Crippen MR) is 27.4 cm³/mol. The highest BCUT2D eigenvalue weighted by Gasteiger charge is 1.92. The molecule has 0 amide bonds. The van der Waals surface area contributed by atoms with E-state index >= 15 is 0 Å². The van der Waals surface area contributed by atoms with Gasteiger partial charge in [0, 0.05) is 0 Å². The van der Waals surface area contributed by atoms with Crippen LogP contribution < -0.4 is 5.73 Å². The molecule has 0 aromatic carbocycles. The maximum absolute atomic E-state index is 12.1. The molecule has 0 bridgehead atoms. The largest absolute Gasteiger partial charge is 0.395 e. The van der Waals surface area contributed by atoms with Crippen molar-refractivity contribution in [1.29, 1.82) is 0 Å². The van der Waals surface area contributed by atoms with Crippen molar-refractivity contribution in [2.45, 2.75) is 0 Å². The number of aromatic nitrogens is 1. The maximum atomic E-state index is 12.1. The Hall–Kier alpha value is -1.12. The first-order valence-electron chi connectivity index (χ1n) is 2.09. The molecule has 0 aliphatic rings. The van der Waals surface area contributed by atoms with E-state index in [1.165, 1.54) is 12.1 Å². The molecule has 1 aromatic heterocycles. The molecule has 0 unspecified atom stereocenters. The van der Waals surface area contributed by atoms with Gasteiger partial charge in [-0.25, -0.2) is 4.98 Å². The van der Waals surface area contributed by atoms with Crippen LogP contribution in [0.2, 0.25) is 0 Å². The van der Waals surface area contributed by atoms with E-state index < -0.39 is 5.95 Å². The summed E-state index contributed by atoms with van der Waals surface area (Å²) in [5, 5.41) is 0. The van der Waals surface area contributed by atoms with E-state index in [1.54, 1.807) is 0 Å². The number of rotatable bonds is 0. The van der Waals surface area contributed by atoms with Crippen molar-refractivity contribution in [2.24, 2.45) is 0 Å². The van der Waals surface area contributed by atoms with Crippen LogP contribution in [0.5, 0.6) is 0 Å². The molecule has 0 fully saturated rings. The maximum Gasteiger partial charge on any atom is 0.236 e. The number of pyridine rings is 1. The van der Waals surface area contributed by atoms with Gasteiger partial charge >= 0.3 is 0 Å². The molecular weight excluding hydrogens is 107 g/mol. The Morgan fingerprint density at radius 1 is 1.75 bits per heavy atom. The van der Waals surface area contributed by atoms with E-state index in [9.17, 15) is 4.39 Å². The van der Waals surface area contributed by atoms with Crippen LogP contribution in [0.3, 0.4) is 0 Å². The molecule has 0 aliphatic heterocycles. The lowest BCUT2D eigenvalue weighted by Gasteiger charge is -1.88. The minimum absolute atomic E-state index is 0.0590. The van der Waals surface area contributed by atoms with E-state index in [4.69, 9.17) is 5.73 Å². The third kappa shape index (κ3) is 0.753. The van der Waals surface area contributed by atoms with Crippen LogP contribution in [0.25, 0.3) is 0 Å². The molecule has 1 aromatic rings. The molecule has 0 atom stereocenters. The van der Waals surface area contributed by atoms with E-state index in [2.05, 4.69) is 11.2 Å². The molecule has 0 saturated heterocycles. The fourth-order valence-corrected chi connectivity index (χ4v) is 0.354. The summed E-state index contributed by atoms with van der Waals surface area (Å²) in [5.41, 5.74) is 5.12. The number of nitrogens with two attached hydrogens (primary N) is 1. The van der Waals surface area contributed by atoms with Crippen LogP contribution in [0.4, 0.5) is 10.1 Å². The lowest BCUT2D eigenvalue weighted by molar-refractivity contribution is 0.588. The standard InChI is InChI=1S/C5H4FN2/c6-5-4(7)2-1-3-8-5/h1-2H,7H2. The Morgan fingerprint density at radius 2 is 2.50 bits per heavy atom. The highest BCUT2D eigenvalue weighted by atomic mass is 19.1. The summed E-state index contributed by atoms with van der Waals surface area (Å²) in [6, 6.07) is 2.86. The second-order valence-corrected chi connectivity index (χ2v) is 1.32. The normalized spacial score (nSPS) is 9.12. The van der Waals surface area contributed by atoms with Crippen molar-refractivity contribution in [1.82, 2.24) is 4.98 Å². The Kier molecular flexibility index (Phi) is 1.12. The number of halogens is 1. The van der Waals surface area contributed by atoms with Gasteiger partial charge in [0.05, 0.1) is 11.9 Å². The molecular formula is C5H4FN2. The van der Waals surface area contributed by atoms with Gasteiger partial charge in [0.15, 0.2) is 0 Å². The predicted octanol–water partition coefficient (Wildman–Crippen LogP) is 0.603. The molecule has 0 saturated carbocycles. The Balaban J connectivity index is 3.13. The first kappa shape index (κ1) is 5.03. The Labute approximate surface area is 46.2 Å². The molecule has 41 valence electrons. The van der Waals surface area contributed by atoms with E-state index in [1.807, 2.05) is 0 Å². The zero-order valence-corrected chi connectivity index (χ0v) is 4.06. The summed E-state index contributed by atoms with van der Waals surface area (Å²) in [5.74, 6) is -0.660. The quantitative estimate of drug-likeness (QED) is 0.498. The molecule has 1 rings (SSSR count). The summed E-state index contributed by atoms with van der Waals surface area (Å²) in [6.07, 6.45) is 2.30. The number of anilines is 1. The number of hydrogen-bond acceptors (Lipinski definition) is 2. The van der Waals surface area contributed by atoms with Gasteiger partial charge in [-0.15, -0.1) is 0 Å². The highest BCUT2D eigenvalue weighted by molar-refractivity contribution is 5.34. The topological polar surface area (TPSA) is 38.9 Å². The van der Waals surface area contributed by atoms with Crippen LogP contribution in [-0.4, -0.2) is 4.98 Å². The number of hydrogen-bond donors (Lipinski definition) is 1. The van der Waals surface area contributed by atoms with Crippen molar-refractivity contribution in [3.05, 3.63) is 24.3 Å². The second-order valence-electron chi connectivity index (χ2n) is 1.32. The molecule has 1 heterocycles. The fourth-order valence-electron chi connectivity index (χ4n) is 0.354. The zero-order valence-electron chi connectivity index (χ0n) is 4.06. The van der Waals surface area contributed by atoms with Gasteiger partial charge in [-0.3, -0.25) is 0 Å². The molecule has 2 N–H and O–H groups in total. The first-order chi connectivity index (χ1) is 3.80. The van der Waals surface area contributed by atoms with Gasteiger partial charge in [-0.1, -0.05) is 0 Å². The Morgan fingerprint density at radius 3 is 2.88 bits per heavy atom. The van der Waals surface area contributed by atoms with Crippen LogP contribution in [0, 0.1) is 12.1 Å². The van der Waals surface area contributed by atoms with Gasteiger partial charge in [-0.2, -0.15) is 4.39 Å². The van der Waals surface area contributed by atoms with Gasteiger partial charge in [-0.05, 0) is 12.1 Å². The molecule has 8 heavy (non-hydrogen) atoms. The molecule has 3 heteroatoms. The summed E-state index contributed by atoms with van der Waals surface area (Å²) >= 11 is 0. The number of nitrogen functional groups attached to an aromatic ring is 1. The lowest BCUT2D eigenvalue weighted by atomic mass is 10.4. The van der Waals surface area contributed by atoms with Crippen molar-refractivity contribution in [3.63, 3.8) is 0 Å². The summed E-state index contributed by atoms with van der Waals surface area (Å²) < 4.78 is 12.1. The highest BCUT2D eigenvalue weighted by Crippen LogP contribution is 2.01. The lowest BCUT2D eigenvalue weighted by Crippen LogP contribution is -1.91. The fraction of sp³-hybridized carbons (Fsp3) is 0. The number of nitrogens with zero attached hydrogens (tertiary/aromatic N) is 1. The van der Waals surface area contributed by atoms with Crippen molar-refractivity contribution < 1.29 is 4.39 Å².